The highest BCUT2D eigenvalue weighted by Crippen LogP contribution is 2.16. The van der Waals surface area contributed by atoms with Gasteiger partial charge in [-0.1, -0.05) is 12.1 Å². The summed E-state index contributed by atoms with van der Waals surface area (Å²) in [6.07, 6.45) is 1.70. The number of nitrogens with one attached hydrogen (secondary N) is 1. The number of hydrazine groups is 1. The van der Waals surface area contributed by atoms with Crippen molar-refractivity contribution >= 4 is 0 Å². The second-order valence-corrected chi connectivity index (χ2v) is 5.22. The molecular weight excluding hydrogens is 264 g/mol. The van der Waals surface area contributed by atoms with Crippen molar-refractivity contribution in [2.24, 2.45) is 5.84 Å². The van der Waals surface area contributed by atoms with E-state index >= 15 is 0 Å². The number of benzene rings is 1. The van der Waals surface area contributed by atoms with Gasteiger partial charge in [0.25, 0.3) is 0 Å². The lowest BCUT2D eigenvalue weighted by Gasteiger charge is -2.17. The Morgan fingerprint density at radius 1 is 1.33 bits per heavy atom. The Balaban J connectivity index is 2.08. The summed E-state index contributed by atoms with van der Waals surface area (Å²) in [6, 6.07) is 10.4. The van der Waals surface area contributed by atoms with Gasteiger partial charge in [-0.15, -0.1) is 0 Å². The van der Waals surface area contributed by atoms with E-state index in [0.29, 0.717) is 0 Å². The van der Waals surface area contributed by atoms with Gasteiger partial charge < -0.3 is 4.74 Å². The average Bonchev–Trinajstić information content (AvgIpc) is 2.86. The molecule has 1 aromatic carbocycles. The molecule has 0 aliphatic heterocycles. The molecule has 5 nitrogen and oxygen atoms in total. The number of nitrogens with two attached hydrogens (primary N) is 1. The molecule has 0 aliphatic rings. The predicted octanol–water partition coefficient (Wildman–Crippen LogP) is 1.84. The molecule has 0 saturated heterocycles. The van der Waals surface area contributed by atoms with Crippen LogP contribution in [0.15, 0.2) is 30.3 Å². The molecule has 1 atom stereocenters. The topological polar surface area (TPSA) is 65.1 Å². The molecule has 114 valence electrons. The first-order valence-corrected chi connectivity index (χ1v) is 7.28. The number of hydrogen-bond acceptors (Lipinski definition) is 4. The van der Waals surface area contributed by atoms with Crippen molar-refractivity contribution in [2.45, 2.75) is 39.3 Å². The van der Waals surface area contributed by atoms with E-state index in [1.165, 1.54) is 11.3 Å². The lowest BCUT2D eigenvalue weighted by molar-refractivity contribution is 0.413. The minimum absolute atomic E-state index is 0.165. The van der Waals surface area contributed by atoms with Crippen molar-refractivity contribution < 1.29 is 4.74 Å². The Morgan fingerprint density at radius 3 is 2.81 bits per heavy atom. The Morgan fingerprint density at radius 2 is 2.14 bits per heavy atom. The maximum absolute atomic E-state index is 5.73. The highest BCUT2D eigenvalue weighted by molar-refractivity contribution is 5.29. The highest BCUT2D eigenvalue weighted by atomic mass is 16.5. The molecule has 1 heterocycles. The molecule has 5 heteroatoms. The zero-order valence-corrected chi connectivity index (χ0v) is 13.0. The SMILES string of the molecule is CCn1nc(C)cc1CC(Cc1cccc(OC)c1)NN. The molecule has 0 fully saturated rings. The van der Waals surface area contributed by atoms with Crippen LogP contribution < -0.4 is 16.0 Å². The lowest BCUT2D eigenvalue weighted by Crippen LogP contribution is -2.39. The molecule has 3 N–H and O–H groups in total. The second-order valence-electron chi connectivity index (χ2n) is 5.22. The summed E-state index contributed by atoms with van der Waals surface area (Å²) in [5, 5.41) is 4.48. The Kier molecular flexibility index (Phi) is 5.36. The molecule has 2 aromatic rings. The summed E-state index contributed by atoms with van der Waals surface area (Å²) in [6.45, 7) is 4.99. The fourth-order valence-electron chi connectivity index (χ4n) is 2.56. The number of nitrogens with zero attached hydrogens (tertiary/aromatic N) is 2. The Bertz CT molecular complexity index is 579. The first-order valence-electron chi connectivity index (χ1n) is 7.28. The molecule has 0 radical (unpaired) electrons. The van der Waals surface area contributed by atoms with E-state index < -0.39 is 0 Å². The van der Waals surface area contributed by atoms with Crippen LogP contribution in [0.25, 0.3) is 0 Å². The van der Waals surface area contributed by atoms with E-state index in [1.54, 1.807) is 7.11 Å². The smallest absolute Gasteiger partial charge is 0.119 e. The molecule has 0 aliphatic carbocycles. The molecule has 0 bridgehead atoms. The van der Waals surface area contributed by atoms with E-state index in [1.807, 2.05) is 29.8 Å². The number of rotatable bonds is 7. The van der Waals surface area contributed by atoms with Crippen molar-refractivity contribution in [1.29, 1.82) is 0 Å². The molecule has 21 heavy (non-hydrogen) atoms. The van der Waals surface area contributed by atoms with Crippen LogP contribution in [-0.4, -0.2) is 22.9 Å². The van der Waals surface area contributed by atoms with Crippen LogP contribution in [0.3, 0.4) is 0 Å². The first kappa shape index (κ1) is 15.5. The van der Waals surface area contributed by atoms with E-state index in [9.17, 15) is 0 Å². The Labute approximate surface area is 126 Å². The summed E-state index contributed by atoms with van der Waals surface area (Å²) in [5.74, 6) is 6.60. The third-order valence-corrected chi connectivity index (χ3v) is 3.59. The molecule has 2 rings (SSSR count). The number of aromatic nitrogens is 2. The summed E-state index contributed by atoms with van der Waals surface area (Å²) in [5.41, 5.74) is 6.37. The van der Waals surface area contributed by atoms with E-state index in [-0.39, 0.29) is 6.04 Å². The number of hydrogen-bond donors (Lipinski definition) is 2. The standard InChI is InChI=1S/C16H24N4O/c1-4-20-15(8-12(2)19-20)11-14(18-17)9-13-6-5-7-16(10-13)21-3/h5-8,10,14,18H,4,9,11,17H2,1-3H3. The maximum atomic E-state index is 5.73. The van der Waals surface area contributed by atoms with Crippen LogP contribution in [0.2, 0.25) is 0 Å². The summed E-state index contributed by atoms with van der Waals surface area (Å²) in [4.78, 5) is 0. The largest absolute Gasteiger partial charge is 0.497 e. The maximum Gasteiger partial charge on any atom is 0.119 e. The lowest BCUT2D eigenvalue weighted by atomic mass is 10.0. The molecular formula is C16H24N4O. The molecule has 1 unspecified atom stereocenters. The van der Waals surface area contributed by atoms with Crippen LogP contribution in [0, 0.1) is 6.92 Å². The first-order chi connectivity index (χ1) is 10.2. The van der Waals surface area contributed by atoms with Crippen LogP contribution in [0.1, 0.15) is 23.9 Å². The van der Waals surface area contributed by atoms with E-state index in [0.717, 1.165) is 30.8 Å². The highest BCUT2D eigenvalue weighted by Gasteiger charge is 2.13. The van der Waals surface area contributed by atoms with Crippen molar-refractivity contribution in [3.8, 4) is 5.75 Å². The third kappa shape index (κ3) is 4.06. The van der Waals surface area contributed by atoms with Crippen LogP contribution in [0.5, 0.6) is 5.75 Å². The summed E-state index contributed by atoms with van der Waals surface area (Å²) in [7, 11) is 1.68. The van der Waals surface area contributed by atoms with Gasteiger partial charge in [-0.25, -0.2) is 0 Å². The molecule has 0 spiro atoms. The van der Waals surface area contributed by atoms with Gasteiger partial charge in [0.15, 0.2) is 0 Å². The van der Waals surface area contributed by atoms with Crippen LogP contribution in [-0.2, 0) is 19.4 Å². The molecule has 0 amide bonds. The number of methoxy groups -OCH3 is 1. The second kappa shape index (κ2) is 7.24. The van der Waals surface area contributed by atoms with Crippen LogP contribution in [0.4, 0.5) is 0 Å². The monoisotopic (exact) mass is 288 g/mol. The molecule has 1 aromatic heterocycles. The summed E-state index contributed by atoms with van der Waals surface area (Å²) >= 11 is 0. The van der Waals surface area contributed by atoms with Gasteiger partial charge in [0.1, 0.15) is 5.75 Å². The fourth-order valence-corrected chi connectivity index (χ4v) is 2.56. The minimum atomic E-state index is 0.165. The fraction of sp³-hybridized carbons (Fsp3) is 0.438. The van der Waals surface area contributed by atoms with Crippen molar-refractivity contribution in [1.82, 2.24) is 15.2 Å². The van der Waals surface area contributed by atoms with Gasteiger partial charge in [0.05, 0.1) is 12.8 Å². The van der Waals surface area contributed by atoms with Gasteiger partial charge >= 0.3 is 0 Å². The van der Waals surface area contributed by atoms with Crippen molar-refractivity contribution in [3.63, 3.8) is 0 Å². The summed E-state index contributed by atoms with van der Waals surface area (Å²) < 4.78 is 7.30. The average molecular weight is 288 g/mol. The minimum Gasteiger partial charge on any atom is -0.497 e. The zero-order chi connectivity index (χ0) is 15.2. The van der Waals surface area contributed by atoms with Gasteiger partial charge in [0.2, 0.25) is 0 Å². The normalized spacial score (nSPS) is 12.4. The number of ether oxygens (including phenoxy) is 1. The van der Waals surface area contributed by atoms with Gasteiger partial charge in [0, 0.05) is 24.7 Å². The quantitative estimate of drug-likeness (QED) is 0.603. The molecule has 0 saturated carbocycles. The van der Waals surface area contributed by atoms with Crippen molar-refractivity contribution in [3.05, 3.63) is 47.3 Å². The number of aryl methyl sites for hydroxylation is 2. The third-order valence-electron chi connectivity index (χ3n) is 3.59. The van der Waals surface area contributed by atoms with Crippen molar-refractivity contribution in [2.75, 3.05) is 7.11 Å². The van der Waals surface area contributed by atoms with Gasteiger partial charge in [-0.05, 0) is 44.0 Å². The van der Waals surface area contributed by atoms with E-state index in [2.05, 4.69) is 29.6 Å². The predicted molar refractivity (Wildman–Crippen MR) is 84.2 cm³/mol. The zero-order valence-electron chi connectivity index (χ0n) is 13.0. The van der Waals surface area contributed by atoms with Crippen LogP contribution >= 0.6 is 0 Å². The van der Waals surface area contributed by atoms with Gasteiger partial charge in [-0.3, -0.25) is 16.0 Å². The van der Waals surface area contributed by atoms with Gasteiger partial charge in [-0.2, -0.15) is 5.10 Å². The Hall–Kier alpha value is -1.85. The van der Waals surface area contributed by atoms with E-state index in [4.69, 9.17) is 10.6 Å².